The van der Waals surface area contributed by atoms with Crippen LogP contribution in [0.4, 0.5) is 4.79 Å². The van der Waals surface area contributed by atoms with Gasteiger partial charge in [-0.2, -0.15) is 0 Å². The summed E-state index contributed by atoms with van der Waals surface area (Å²) in [6, 6.07) is 5.77. The van der Waals surface area contributed by atoms with Crippen molar-refractivity contribution in [3.05, 3.63) is 42.0 Å². The van der Waals surface area contributed by atoms with E-state index in [4.69, 9.17) is 4.74 Å². The molecule has 3 amide bonds. The van der Waals surface area contributed by atoms with Gasteiger partial charge >= 0.3 is 6.09 Å². The maximum atomic E-state index is 13.8. The fourth-order valence-corrected chi connectivity index (χ4v) is 3.99. The van der Waals surface area contributed by atoms with E-state index in [9.17, 15) is 14.4 Å². The van der Waals surface area contributed by atoms with E-state index >= 15 is 0 Å². The molecule has 7 heteroatoms. The first-order valence-electron chi connectivity index (χ1n) is 13.5. The van der Waals surface area contributed by atoms with Crippen molar-refractivity contribution in [2.45, 2.75) is 117 Å². The van der Waals surface area contributed by atoms with Crippen LogP contribution in [0.2, 0.25) is 0 Å². The molecular weight excluding hydrogens is 466 g/mol. The summed E-state index contributed by atoms with van der Waals surface area (Å²) in [6.07, 6.45) is 7.33. The van der Waals surface area contributed by atoms with Crippen molar-refractivity contribution >= 4 is 24.0 Å². The maximum absolute atomic E-state index is 13.8. The minimum Gasteiger partial charge on any atom is -0.444 e. The largest absolute Gasteiger partial charge is 0.444 e. The molecular formula is C30H49N3O4. The number of hydrogen-bond acceptors (Lipinski definition) is 4. The molecule has 0 spiro atoms. The third-order valence-electron chi connectivity index (χ3n) is 5.66. The van der Waals surface area contributed by atoms with E-state index < -0.39 is 29.3 Å². The minimum absolute atomic E-state index is 0.266. The number of alkyl carbamates (subject to hydrolysis) is 1. The molecule has 37 heavy (non-hydrogen) atoms. The quantitative estimate of drug-likeness (QED) is 0.298. The second kappa shape index (κ2) is 14.8. The summed E-state index contributed by atoms with van der Waals surface area (Å²) in [5, 5.41) is 5.70. The van der Waals surface area contributed by atoms with E-state index in [-0.39, 0.29) is 11.8 Å². The van der Waals surface area contributed by atoms with Gasteiger partial charge in [0.2, 0.25) is 11.8 Å². The van der Waals surface area contributed by atoms with E-state index in [0.717, 1.165) is 37.7 Å². The third kappa shape index (κ3) is 12.3. The van der Waals surface area contributed by atoms with Gasteiger partial charge in [-0.05, 0) is 72.1 Å². The summed E-state index contributed by atoms with van der Waals surface area (Å²) >= 11 is 0. The smallest absolute Gasteiger partial charge is 0.408 e. The zero-order valence-electron chi connectivity index (χ0n) is 24.3. The molecule has 1 aromatic carbocycles. The van der Waals surface area contributed by atoms with E-state index in [1.807, 2.05) is 45.0 Å². The Labute approximate surface area is 224 Å². The number of carbonyl (C=O) groups excluding carboxylic acids is 3. The summed E-state index contributed by atoms with van der Waals surface area (Å²) in [4.78, 5) is 41.5. The van der Waals surface area contributed by atoms with Gasteiger partial charge in [0.05, 0.1) is 0 Å². The van der Waals surface area contributed by atoms with Gasteiger partial charge in [0.15, 0.2) is 0 Å². The number of benzene rings is 1. The van der Waals surface area contributed by atoms with Gasteiger partial charge in [-0.1, -0.05) is 69.9 Å². The Kier molecular flexibility index (Phi) is 12.9. The number of carbonyl (C=O) groups is 3. The lowest BCUT2D eigenvalue weighted by atomic mass is 9.98. The fourth-order valence-electron chi connectivity index (χ4n) is 3.99. The number of amides is 3. The maximum Gasteiger partial charge on any atom is 0.408 e. The van der Waals surface area contributed by atoms with E-state index in [2.05, 4.69) is 24.1 Å². The van der Waals surface area contributed by atoms with Gasteiger partial charge in [-0.15, -0.1) is 0 Å². The lowest BCUT2D eigenvalue weighted by Gasteiger charge is -2.35. The van der Waals surface area contributed by atoms with Crippen LogP contribution >= 0.6 is 0 Å². The molecule has 1 aromatic rings. The average Bonchev–Trinajstić information content (AvgIpc) is 2.77. The Morgan fingerprint density at radius 3 is 2.22 bits per heavy atom. The molecule has 0 heterocycles. The molecule has 0 aliphatic rings. The topological polar surface area (TPSA) is 87.7 Å². The minimum atomic E-state index is -0.873. The van der Waals surface area contributed by atoms with Crippen molar-refractivity contribution in [1.82, 2.24) is 15.5 Å². The molecule has 0 radical (unpaired) electrons. The highest BCUT2D eigenvalue weighted by Gasteiger charge is 2.35. The second-order valence-electron chi connectivity index (χ2n) is 11.7. The normalized spacial score (nSPS) is 13.3. The van der Waals surface area contributed by atoms with Crippen molar-refractivity contribution in [2.75, 3.05) is 6.54 Å². The zero-order valence-corrected chi connectivity index (χ0v) is 24.3. The number of rotatable bonds is 13. The van der Waals surface area contributed by atoms with Crippen molar-refractivity contribution in [3.63, 3.8) is 0 Å². The van der Waals surface area contributed by atoms with Gasteiger partial charge in [0.1, 0.15) is 17.7 Å². The highest BCUT2D eigenvalue weighted by atomic mass is 16.6. The standard InChI is InChI=1S/C30H49N3O4/c1-10-12-13-14-15-16-20-33(27(35)22(3)31-28(36)37-30(7,8)9)25(26(34)32-29(4,5)6)24-19-17-18-23(11-2)21-24/h11,17-19,21-22,25H,2,10,12-16,20H2,1,3-9H3,(H,31,36)(H,32,34). The third-order valence-corrected chi connectivity index (χ3v) is 5.66. The van der Waals surface area contributed by atoms with Crippen LogP contribution in [-0.2, 0) is 14.3 Å². The average molecular weight is 516 g/mol. The first-order valence-corrected chi connectivity index (χ1v) is 13.5. The molecule has 2 unspecified atom stereocenters. The van der Waals surface area contributed by atoms with Crippen molar-refractivity contribution in [2.24, 2.45) is 0 Å². The Morgan fingerprint density at radius 2 is 1.65 bits per heavy atom. The molecule has 0 saturated heterocycles. The van der Waals surface area contributed by atoms with Gasteiger partial charge in [0, 0.05) is 12.1 Å². The zero-order chi connectivity index (χ0) is 28.2. The number of nitrogens with zero attached hydrogens (tertiary/aromatic N) is 1. The van der Waals surface area contributed by atoms with Crippen molar-refractivity contribution < 1.29 is 19.1 Å². The number of hydrogen-bond donors (Lipinski definition) is 2. The van der Waals surface area contributed by atoms with Crippen LogP contribution in [0.25, 0.3) is 6.08 Å². The SMILES string of the molecule is C=Cc1cccc(C(C(=O)NC(C)(C)C)N(CCCCCCCC)C(=O)C(C)NC(=O)OC(C)(C)C)c1. The van der Waals surface area contributed by atoms with Crippen LogP contribution in [0.5, 0.6) is 0 Å². The summed E-state index contributed by atoms with van der Waals surface area (Å²) in [5.41, 5.74) is 0.382. The predicted octanol–water partition coefficient (Wildman–Crippen LogP) is 6.39. The van der Waals surface area contributed by atoms with Crippen LogP contribution in [0.15, 0.2) is 30.8 Å². The molecule has 7 nitrogen and oxygen atoms in total. The first-order chi connectivity index (χ1) is 17.2. The molecule has 0 aromatic heterocycles. The first kappa shape index (κ1) is 32.2. The molecule has 2 N–H and O–H groups in total. The monoisotopic (exact) mass is 515 g/mol. The molecule has 1 rings (SSSR count). The van der Waals surface area contributed by atoms with Crippen LogP contribution in [0, 0.1) is 0 Å². The molecule has 0 saturated carbocycles. The van der Waals surface area contributed by atoms with E-state index in [1.165, 1.54) is 6.42 Å². The molecule has 0 fully saturated rings. The van der Waals surface area contributed by atoms with Gasteiger partial charge in [-0.3, -0.25) is 9.59 Å². The van der Waals surface area contributed by atoms with Gasteiger partial charge in [-0.25, -0.2) is 4.79 Å². The fraction of sp³-hybridized carbons (Fsp3) is 0.633. The summed E-state index contributed by atoms with van der Waals surface area (Å²) in [6.45, 7) is 19.1. The lowest BCUT2D eigenvalue weighted by Crippen LogP contribution is -2.54. The van der Waals surface area contributed by atoms with Crippen LogP contribution in [0.3, 0.4) is 0 Å². The second-order valence-corrected chi connectivity index (χ2v) is 11.7. The van der Waals surface area contributed by atoms with Crippen molar-refractivity contribution in [3.8, 4) is 0 Å². The molecule has 0 bridgehead atoms. The van der Waals surface area contributed by atoms with Crippen molar-refractivity contribution in [1.29, 1.82) is 0 Å². The lowest BCUT2D eigenvalue weighted by molar-refractivity contribution is -0.142. The summed E-state index contributed by atoms with van der Waals surface area (Å²) in [5.74, 6) is -0.602. The summed E-state index contributed by atoms with van der Waals surface area (Å²) < 4.78 is 5.35. The van der Waals surface area contributed by atoms with Crippen LogP contribution in [-0.4, -0.2) is 46.5 Å². The molecule has 2 atom stereocenters. The Morgan fingerprint density at radius 1 is 1.03 bits per heavy atom. The number of unbranched alkanes of at least 4 members (excludes halogenated alkanes) is 5. The number of ether oxygens (including phenoxy) is 1. The number of nitrogens with one attached hydrogen (secondary N) is 2. The Balaban J connectivity index is 3.34. The van der Waals surface area contributed by atoms with Crippen LogP contribution in [0.1, 0.15) is 111 Å². The molecule has 0 aliphatic heterocycles. The Hall–Kier alpha value is -2.83. The van der Waals surface area contributed by atoms with E-state index in [0.29, 0.717) is 12.1 Å². The Bertz CT molecular complexity index is 899. The molecule has 208 valence electrons. The summed E-state index contributed by atoms with van der Waals surface area (Å²) in [7, 11) is 0. The highest BCUT2D eigenvalue weighted by Crippen LogP contribution is 2.26. The van der Waals surface area contributed by atoms with E-state index in [1.54, 1.807) is 38.7 Å². The van der Waals surface area contributed by atoms with Gasteiger partial charge in [0.25, 0.3) is 0 Å². The highest BCUT2D eigenvalue weighted by molar-refractivity contribution is 5.92. The van der Waals surface area contributed by atoms with Gasteiger partial charge < -0.3 is 20.3 Å². The van der Waals surface area contributed by atoms with Crippen LogP contribution < -0.4 is 10.6 Å². The predicted molar refractivity (Wildman–Crippen MR) is 151 cm³/mol. The molecule has 0 aliphatic carbocycles.